The zero-order valence-electron chi connectivity index (χ0n) is 12.9. The van der Waals surface area contributed by atoms with Crippen molar-refractivity contribution in [2.24, 2.45) is 5.92 Å². The smallest absolute Gasteiger partial charge is 0.243 e. The van der Waals surface area contributed by atoms with Crippen LogP contribution in [0.2, 0.25) is 0 Å². The highest BCUT2D eigenvalue weighted by Crippen LogP contribution is 2.21. The topological polar surface area (TPSA) is 62.3 Å². The fourth-order valence-electron chi connectivity index (χ4n) is 1.73. The van der Waals surface area contributed by atoms with Crippen molar-refractivity contribution in [1.29, 1.82) is 0 Å². The third-order valence-electron chi connectivity index (χ3n) is 3.50. The highest BCUT2D eigenvalue weighted by atomic mass is 32.2. The largest absolute Gasteiger partial charge is 0.370 e. The average molecular weight is 299 g/mol. The van der Waals surface area contributed by atoms with E-state index in [0.29, 0.717) is 5.82 Å². The SMILES string of the molecule is CCCNc1cc(S(=O)(=O)N(C)C(C)C(C)C)ccn1. The minimum absolute atomic E-state index is 0.0554. The molecule has 1 atom stereocenters. The maximum absolute atomic E-state index is 12.6. The van der Waals surface area contributed by atoms with Gasteiger partial charge in [0, 0.05) is 31.9 Å². The van der Waals surface area contributed by atoms with Crippen LogP contribution in [0.1, 0.15) is 34.1 Å². The van der Waals surface area contributed by atoms with Crippen LogP contribution < -0.4 is 5.32 Å². The first-order valence-electron chi connectivity index (χ1n) is 6.98. The fourth-order valence-corrected chi connectivity index (χ4v) is 3.23. The van der Waals surface area contributed by atoms with Crippen molar-refractivity contribution in [1.82, 2.24) is 9.29 Å². The molecule has 0 bridgehead atoms. The summed E-state index contributed by atoms with van der Waals surface area (Å²) in [6.45, 7) is 8.76. The van der Waals surface area contributed by atoms with Gasteiger partial charge in [-0.1, -0.05) is 20.8 Å². The van der Waals surface area contributed by atoms with Gasteiger partial charge in [-0.2, -0.15) is 4.31 Å². The maximum atomic E-state index is 12.6. The number of anilines is 1. The number of hydrogen-bond donors (Lipinski definition) is 1. The van der Waals surface area contributed by atoms with Crippen LogP contribution in [0.5, 0.6) is 0 Å². The Labute approximate surface area is 122 Å². The molecule has 1 rings (SSSR count). The molecule has 1 heterocycles. The first kappa shape index (κ1) is 16.9. The first-order chi connectivity index (χ1) is 9.30. The van der Waals surface area contributed by atoms with Crippen LogP contribution in [0.4, 0.5) is 5.82 Å². The summed E-state index contributed by atoms with van der Waals surface area (Å²) in [5.41, 5.74) is 0. The summed E-state index contributed by atoms with van der Waals surface area (Å²) in [5, 5.41) is 3.10. The molecule has 1 unspecified atom stereocenters. The molecule has 6 heteroatoms. The van der Waals surface area contributed by atoms with Gasteiger partial charge in [0.25, 0.3) is 0 Å². The minimum atomic E-state index is -3.48. The normalized spacial score (nSPS) is 13.8. The van der Waals surface area contributed by atoms with Gasteiger partial charge in [-0.15, -0.1) is 0 Å². The van der Waals surface area contributed by atoms with Crippen LogP contribution in [0.3, 0.4) is 0 Å². The highest BCUT2D eigenvalue weighted by molar-refractivity contribution is 7.89. The summed E-state index contributed by atoms with van der Waals surface area (Å²) < 4.78 is 26.6. The predicted molar refractivity (Wildman–Crippen MR) is 82.3 cm³/mol. The minimum Gasteiger partial charge on any atom is -0.370 e. The molecule has 0 aliphatic heterocycles. The Kier molecular flexibility index (Phi) is 5.95. The average Bonchev–Trinajstić information content (AvgIpc) is 2.43. The lowest BCUT2D eigenvalue weighted by Gasteiger charge is -2.27. The molecule has 5 nitrogen and oxygen atoms in total. The van der Waals surface area contributed by atoms with E-state index in [2.05, 4.69) is 10.3 Å². The van der Waals surface area contributed by atoms with Crippen LogP contribution >= 0.6 is 0 Å². The second kappa shape index (κ2) is 7.04. The third-order valence-corrected chi connectivity index (χ3v) is 5.44. The molecule has 0 saturated heterocycles. The highest BCUT2D eigenvalue weighted by Gasteiger charge is 2.27. The lowest BCUT2D eigenvalue weighted by molar-refractivity contribution is 0.316. The van der Waals surface area contributed by atoms with Crippen LogP contribution in [-0.4, -0.2) is 37.3 Å². The molecule has 0 aliphatic carbocycles. The van der Waals surface area contributed by atoms with Crippen molar-refractivity contribution in [3.8, 4) is 0 Å². The first-order valence-corrected chi connectivity index (χ1v) is 8.42. The van der Waals surface area contributed by atoms with Crippen molar-refractivity contribution >= 4 is 15.8 Å². The van der Waals surface area contributed by atoms with Gasteiger partial charge in [-0.3, -0.25) is 0 Å². The van der Waals surface area contributed by atoms with Gasteiger partial charge in [0.2, 0.25) is 10.0 Å². The lowest BCUT2D eigenvalue weighted by atomic mass is 10.1. The molecule has 0 aromatic carbocycles. The van der Waals surface area contributed by atoms with Crippen LogP contribution in [0.25, 0.3) is 0 Å². The standard InChI is InChI=1S/C14H25N3O2S/c1-6-8-15-14-10-13(7-9-16-14)20(18,19)17(5)12(4)11(2)3/h7,9-12H,6,8H2,1-5H3,(H,15,16). The van der Waals surface area contributed by atoms with Gasteiger partial charge in [0.1, 0.15) is 5.82 Å². The fraction of sp³-hybridized carbons (Fsp3) is 0.643. The Hall–Kier alpha value is -1.14. The Balaban J connectivity index is 3.03. The van der Waals surface area contributed by atoms with Gasteiger partial charge in [-0.05, 0) is 25.3 Å². The molecular weight excluding hydrogens is 274 g/mol. The number of pyridine rings is 1. The molecule has 0 amide bonds. The maximum Gasteiger partial charge on any atom is 0.243 e. The quantitative estimate of drug-likeness (QED) is 0.840. The van der Waals surface area contributed by atoms with E-state index in [0.717, 1.165) is 13.0 Å². The Morgan fingerprint density at radius 1 is 1.35 bits per heavy atom. The summed E-state index contributed by atoms with van der Waals surface area (Å²) >= 11 is 0. The molecule has 0 radical (unpaired) electrons. The van der Waals surface area contributed by atoms with E-state index >= 15 is 0 Å². The van der Waals surface area contributed by atoms with E-state index in [1.807, 2.05) is 27.7 Å². The van der Waals surface area contributed by atoms with E-state index in [1.54, 1.807) is 13.1 Å². The van der Waals surface area contributed by atoms with Crippen molar-refractivity contribution in [3.05, 3.63) is 18.3 Å². The van der Waals surface area contributed by atoms with E-state index < -0.39 is 10.0 Å². The zero-order chi connectivity index (χ0) is 15.3. The number of aromatic nitrogens is 1. The summed E-state index contributed by atoms with van der Waals surface area (Å²) in [6.07, 6.45) is 2.49. The Morgan fingerprint density at radius 3 is 2.55 bits per heavy atom. The number of sulfonamides is 1. The Morgan fingerprint density at radius 2 is 2.00 bits per heavy atom. The summed E-state index contributed by atoms with van der Waals surface area (Å²) in [5.74, 6) is 0.854. The van der Waals surface area contributed by atoms with E-state index in [9.17, 15) is 8.42 Å². The lowest BCUT2D eigenvalue weighted by Crippen LogP contribution is -2.38. The summed E-state index contributed by atoms with van der Waals surface area (Å²) in [4.78, 5) is 4.41. The molecule has 20 heavy (non-hydrogen) atoms. The summed E-state index contributed by atoms with van der Waals surface area (Å²) in [6, 6.07) is 3.07. The second-order valence-corrected chi connectivity index (χ2v) is 7.31. The van der Waals surface area contributed by atoms with Gasteiger partial charge < -0.3 is 5.32 Å². The number of rotatable bonds is 7. The molecule has 1 aromatic heterocycles. The second-order valence-electron chi connectivity index (χ2n) is 5.31. The van der Waals surface area contributed by atoms with Gasteiger partial charge in [-0.25, -0.2) is 13.4 Å². The summed E-state index contributed by atoms with van der Waals surface area (Å²) in [7, 11) is -1.85. The van der Waals surface area contributed by atoms with Crippen LogP contribution in [0.15, 0.2) is 23.2 Å². The molecule has 114 valence electrons. The molecule has 0 spiro atoms. The predicted octanol–water partition coefficient (Wildman–Crippen LogP) is 2.57. The van der Waals surface area contributed by atoms with Crippen LogP contribution in [-0.2, 0) is 10.0 Å². The zero-order valence-corrected chi connectivity index (χ0v) is 13.7. The van der Waals surface area contributed by atoms with Crippen molar-refractivity contribution in [2.75, 3.05) is 18.9 Å². The van der Waals surface area contributed by atoms with Gasteiger partial charge in [0.05, 0.1) is 4.90 Å². The number of nitrogens with one attached hydrogen (secondary N) is 1. The van der Waals surface area contributed by atoms with Gasteiger partial charge >= 0.3 is 0 Å². The van der Waals surface area contributed by atoms with E-state index in [-0.39, 0.29) is 16.9 Å². The molecule has 1 aromatic rings. The van der Waals surface area contributed by atoms with Crippen molar-refractivity contribution in [2.45, 2.75) is 45.1 Å². The molecule has 1 N–H and O–H groups in total. The monoisotopic (exact) mass is 299 g/mol. The number of hydrogen-bond acceptors (Lipinski definition) is 4. The van der Waals surface area contributed by atoms with E-state index in [4.69, 9.17) is 0 Å². The van der Waals surface area contributed by atoms with Gasteiger partial charge in [0.15, 0.2) is 0 Å². The van der Waals surface area contributed by atoms with Crippen molar-refractivity contribution < 1.29 is 8.42 Å². The molecule has 0 saturated carbocycles. The molecule has 0 aliphatic rings. The van der Waals surface area contributed by atoms with Crippen molar-refractivity contribution in [3.63, 3.8) is 0 Å². The molecular formula is C14H25N3O2S. The third kappa shape index (κ3) is 3.93. The van der Waals surface area contributed by atoms with Crippen LogP contribution in [0, 0.1) is 5.92 Å². The van der Waals surface area contributed by atoms with E-state index in [1.165, 1.54) is 16.6 Å². The number of nitrogens with zero attached hydrogens (tertiary/aromatic N) is 2. The Bertz CT molecular complexity index is 529. The molecule has 0 fully saturated rings.